The lowest BCUT2D eigenvalue weighted by Gasteiger charge is -2.33. The molecule has 3 heterocycles. The van der Waals surface area contributed by atoms with Gasteiger partial charge < -0.3 is 15.0 Å². The first-order chi connectivity index (χ1) is 17.1. The zero-order valence-electron chi connectivity index (χ0n) is 20.7. The van der Waals surface area contributed by atoms with E-state index in [0.717, 1.165) is 6.07 Å². The van der Waals surface area contributed by atoms with Crippen LogP contribution in [0.3, 0.4) is 0 Å². The van der Waals surface area contributed by atoms with Crippen LogP contribution in [-0.2, 0) is 14.8 Å². The molecule has 1 N–H and O–H groups in total. The number of halogens is 3. The number of imidazole rings is 1. The molecule has 14 heteroatoms. The van der Waals surface area contributed by atoms with Crippen molar-refractivity contribution in [1.29, 1.82) is 0 Å². The van der Waals surface area contributed by atoms with Crippen molar-refractivity contribution >= 4 is 33.1 Å². The number of anilines is 2. The van der Waals surface area contributed by atoms with Gasteiger partial charge in [-0.05, 0) is 30.3 Å². The molecule has 1 aliphatic rings. The minimum Gasteiger partial charge on any atom is -0.404 e. The summed E-state index contributed by atoms with van der Waals surface area (Å²) in [5, 5.41) is 7.09. The molecular formula is C23H27F3N6O4S. The fourth-order valence-corrected chi connectivity index (χ4v) is 4.57. The van der Waals surface area contributed by atoms with Crippen molar-refractivity contribution in [2.24, 2.45) is 5.41 Å². The second kappa shape index (κ2) is 9.49. The van der Waals surface area contributed by atoms with Crippen LogP contribution in [0.4, 0.5) is 24.7 Å². The van der Waals surface area contributed by atoms with Gasteiger partial charge in [0.2, 0.25) is 15.9 Å². The number of alkyl halides is 3. The zero-order valence-corrected chi connectivity index (χ0v) is 21.5. The van der Waals surface area contributed by atoms with Crippen LogP contribution < -0.4 is 15.0 Å². The predicted molar refractivity (Wildman–Crippen MR) is 132 cm³/mol. The molecule has 200 valence electrons. The highest BCUT2D eigenvalue weighted by Crippen LogP contribution is 2.35. The number of rotatable bonds is 5. The van der Waals surface area contributed by atoms with Gasteiger partial charge in [0, 0.05) is 37.2 Å². The molecule has 37 heavy (non-hydrogen) atoms. The summed E-state index contributed by atoms with van der Waals surface area (Å²) in [4.78, 5) is 19.0. The van der Waals surface area contributed by atoms with Crippen LogP contribution in [0.25, 0.3) is 16.9 Å². The second-order valence-corrected chi connectivity index (χ2v) is 11.7. The Kier molecular flexibility index (Phi) is 6.84. The third-order valence-corrected chi connectivity index (χ3v) is 7.07. The Morgan fingerprint density at radius 2 is 1.73 bits per heavy atom. The monoisotopic (exact) mass is 540 g/mol. The molecule has 0 aliphatic carbocycles. The summed E-state index contributed by atoms with van der Waals surface area (Å²) in [5.74, 6) is -0.378. The van der Waals surface area contributed by atoms with E-state index in [2.05, 4.69) is 20.1 Å². The maximum atomic E-state index is 12.9. The van der Waals surface area contributed by atoms with E-state index in [4.69, 9.17) is 0 Å². The molecule has 2 aromatic heterocycles. The van der Waals surface area contributed by atoms with E-state index in [0.29, 0.717) is 48.9 Å². The number of hydrogen-bond donors (Lipinski definition) is 1. The van der Waals surface area contributed by atoms with Crippen molar-refractivity contribution < 1.29 is 31.1 Å². The predicted octanol–water partition coefficient (Wildman–Crippen LogP) is 3.36. The molecular weight excluding hydrogens is 513 g/mol. The molecule has 1 aromatic carbocycles. The van der Waals surface area contributed by atoms with Crippen molar-refractivity contribution in [3.05, 3.63) is 36.5 Å². The SMILES string of the molecule is CC(C)(C)C(=O)Nc1cc(-c2cn3nc(N4CCN(S(C)(=O)=O)CC4)ccc3n2)ccc1OC(F)(F)F. The Morgan fingerprint density at radius 3 is 2.32 bits per heavy atom. The Bertz CT molecular complexity index is 1420. The van der Waals surface area contributed by atoms with Crippen molar-refractivity contribution in [1.82, 2.24) is 18.9 Å². The van der Waals surface area contributed by atoms with Crippen LogP contribution in [0.2, 0.25) is 0 Å². The van der Waals surface area contributed by atoms with E-state index in [-0.39, 0.29) is 5.69 Å². The summed E-state index contributed by atoms with van der Waals surface area (Å²) in [6.07, 6.45) is -2.12. The Hall–Kier alpha value is -3.39. The number of nitrogens with zero attached hydrogens (tertiary/aromatic N) is 5. The molecule has 4 rings (SSSR count). The number of carbonyl (C=O) groups excluding carboxylic acids is 1. The first-order valence-electron chi connectivity index (χ1n) is 11.4. The lowest BCUT2D eigenvalue weighted by Crippen LogP contribution is -2.48. The number of fused-ring (bicyclic) bond motifs is 1. The quantitative estimate of drug-likeness (QED) is 0.529. The second-order valence-electron chi connectivity index (χ2n) is 9.73. The summed E-state index contributed by atoms with van der Waals surface area (Å²) in [5.41, 5.74) is 0.402. The number of piperazine rings is 1. The molecule has 1 aliphatic heterocycles. The largest absolute Gasteiger partial charge is 0.573 e. The Balaban J connectivity index is 1.62. The van der Waals surface area contributed by atoms with E-state index in [1.165, 1.54) is 22.7 Å². The van der Waals surface area contributed by atoms with Crippen LogP contribution in [0, 0.1) is 5.41 Å². The van der Waals surface area contributed by atoms with Crippen molar-refractivity contribution in [2.45, 2.75) is 27.1 Å². The number of benzene rings is 1. The highest BCUT2D eigenvalue weighted by molar-refractivity contribution is 7.88. The summed E-state index contributed by atoms with van der Waals surface area (Å²) >= 11 is 0. The minimum absolute atomic E-state index is 0.135. The fourth-order valence-electron chi connectivity index (χ4n) is 3.74. The van der Waals surface area contributed by atoms with Crippen LogP contribution >= 0.6 is 0 Å². The summed E-state index contributed by atoms with van der Waals surface area (Å²) in [6, 6.07) is 7.44. The van der Waals surface area contributed by atoms with Crippen molar-refractivity contribution in [2.75, 3.05) is 42.7 Å². The number of amides is 1. The summed E-state index contributed by atoms with van der Waals surface area (Å²) in [7, 11) is -3.25. The van der Waals surface area contributed by atoms with E-state index in [9.17, 15) is 26.4 Å². The molecule has 1 saturated heterocycles. The number of hydrogen-bond acceptors (Lipinski definition) is 7. The third-order valence-electron chi connectivity index (χ3n) is 5.77. The average molecular weight is 541 g/mol. The summed E-state index contributed by atoms with van der Waals surface area (Å²) < 4.78 is 69.4. The molecule has 1 fully saturated rings. The van der Waals surface area contributed by atoms with Gasteiger partial charge in [-0.2, -0.15) is 4.31 Å². The Labute approximate surface area is 212 Å². The molecule has 0 saturated carbocycles. The molecule has 0 radical (unpaired) electrons. The normalized spacial score (nSPS) is 15.7. The molecule has 0 unspecified atom stereocenters. The van der Waals surface area contributed by atoms with Gasteiger partial charge in [-0.25, -0.2) is 17.9 Å². The number of carbonyl (C=O) groups is 1. The number of sulfonamides is 1. The molecule has 3 aromatic rings. The smallest absolute Gasteiger partial charge is 0.404 e. The Morgan fingerprint density at radius 1 is 1.05 bits per heavy atom. The van der Waals surface area contributed by atoms with Gasteiger partial charge in [0.15, 0.2) is 11.4 Å². The van der Waals surface area contributed by atoms with E-state index in [1.54, 1.807) is 43.6 Å². The summed E-state index contributed by atoms with van der Waals surface area (Å²) in [6.45, 7) is 6.58. The highest BCUT2D eigenvalue weighted by atomic mass is 32.2. The van der Waals surface area contributed by atoms with Gasteiger partial charge >= 0.3 is 6.36 Å². The lowest BCUT2D eigenvalue weighted by molar-refractivity contribution is -0.274. The van der Waals surface area contributed by atoms with Gasteiger partial charge in [0.05, 0.1) is 23.8 Å². The third kappa shape index (κ3) is 6.31. The maximum Gasteiger partial charge on any atom is 0.573 e. The fraction of sp³-hybridized carbons (Fsp3) is 0.435. The van der Waals surface area contributed by atoms with Crippen LogP contribution in [-0.4, -0.2) is 72.0 Å². The highest BCUT2D eigenvalue weighted by Gasteiger charge is 2.33. The van der Waals surface area contributed by atoms with Crippen LogP contribution in [0.5, 0.6) is 5.75 Å². The van der Waals surface area contributed by atoms with Gasteiger partial charge in [0.25, 0.3) is 0 Å². The van der Waals surface area contributed by atoms with Crippen LogP contribution in [0.15, 0.2) is 36.5 Å². The van der Waals surface area contributed by atoms with Gasteiger partial charge in [-0.15, -0.1) is 18.3 Å². The van der Waals surface area contributed by atoms with E-state index >= 15 is 0 Å². The first kappa shape index (κ1) is 26.7. The lowest BCUT2D eigenvalue weighted by atomic mass is 9.95. The minimum atomic E-state index is -4.93. The van der Waals surface area contributed by atoms with Crippen LogP contribution in [0.1, 0.15) is 20.8 Å². The number of ether oxygens (including phenoxy) is 1. The number of nitrogens with one attached hydrogen (secondary N) is 1. The van der Waals surface area contributed by atoms with Gasteiger partial charge in [-0.1, -0.05) is 20.8 Å². The standard InChI is InChI=1S/C23H27F3N6O4S/c1-22(2,3)21(33)28-16-13-15(5-6-18(16)36-23(24,25)26)17-14-32-19(27-17)7-8-20(29-32)30-9-11-31(12-10-30)37(4,34)35/h5-8,13-14H,9-12H2,1-4H3,(H,28,33). The molecule has 1 amide bonds. The number of aromatic nitrogens is 3. The van der Waals surface area contributed by atoms with E-state index in [1.807, 2.05) is 4.90 Å². The molecule has 0 atom stereocenters. The molecule has 0 spiro atoms. The zero-order chi connectivity index (χ0) is 27.2. The van der Waals surface area contributed by atoms with Gasteiger partial charge in [0.1, 0.15) is 5.82 Å². The average Bonchev–Trinajstić information content (AvgIpc) is 3.21. The van der Waals surface area contributed by atoms with Gasteiger partial charge in [-0.3, -0.25) is 4.79 Å². The molecule has 10 nitrogen and oxygen atoms in total. The topological polar surface area (TPSA) is 109 Å². The van der Waals surface area contributed by atoms with Crippen molar-refractivity contribution in [3.63, 3.8) is 0 Å². The molecule has 0 bridgehead atoms. The first-order valence-corrected chi connectivity index (χ1v) is 13.2. The van der Waals surface area contributed by atoms with E-state index < -0.39 is 33.5 Å². The maximum absolute atomic E-state index is 12.9. The van der Waals surface area contributed by atoms with Crippen molar-refractivity contribution in [3.8, 4) is 17.0 Å².